The number of fused-ring (bicyclic) bond motifs is 3. The molecule has 1 aromatic carbocycles. The number of piperidine rings is 1. The van der Waals surface area contributed by atoms with Crippen LogP contribution in [0.4, 0.5) is 0 Å². The Labute approximate surface area is 144 Å². The van der Waals surface area contributed by atoms with Crippen LogP contribution >= 0.6 is 0 Å². The summed E-state index contributed by atoms with van der Waals surface area (Å²) < 4.78 is 10.9. The van der Waals surface area contributed by atoms with E-state index in [1.807, 2.05) is 0 Å². The van der Waals surface area contributed by atoms with Crippen LogP contribution in [0, 0.1) is 11.8 Å². The molecule has 0 aromatic heterocycles. The Morgan fingerprint density at radius 2 is 1.96 bits per heavy atom. The summed E-state index contributed by atoms with van der Waals surface area (Å²) in [7, 11) is 3.35. The highest BCUT2D eigenvalue weighted by molar-refractivity contribution is 5.88. The van der Waals surface area contributed by atoms with E-state index in [0.29, 0.717) is 11.8 Å². The fraction of sp³-hybridized carbons (Fsp3) is 0.632. The van der Waals surface area contributed by atoms with Crippen LogP contribution in [-0.2, 0) is 6.42 Å². The van der Waals surface area contributed by atoms with Crippen molar-refractivity contribution in [3.8, 4) is 11.5 Å². The summed E-state index contributed by atoms with van der Waals surface area (Å²) >= 11 is 0. The summed E-state index contributed by atoms with van der Waals surface area (Å²) in [6.07, 6.45) is 2.88. The molecular formula is C19H28N2O3. The van der Waals surface area contributed by atoms with Gasteiger partial charge in [-0.15, -0.1) is 0 Å². The van der Waals surface area contributed by atoms with Crippen molar-refractivity contribution in [1.82, 2.24) is 4.90 Å². The number of hydrogen-bond donors (Lipinski definition) is 1. The van der Waals surface area contributed by atoms with Crippen molar-refractivity contribution < 1.29 is 14.7 Å². The molecule has 1 fully saturated rings. The van der Waals surface area contributed by atoms with Gasteiger partial charge in [0.1, 0.15) is 0 Å². The van der Waals surface area contributed by atoms with Gasteiger partial charge in [0.2, 0.25) is 0 Å². The summed E-state index contributed by atoms with van der Waals surface area (Å²) in [4.78, 5) is 2.54. The van der Waals surface area contributed by atoms with Gasteiger partial charge in [0.15, 0.2) is 11.5 Å². The molecule has 1 N–H and O–H groups in total. The summed E-state index contributed by atoms with van der Waals surface area (Å²) in [6.45, 7) is 6.46. The second-order valence-electron chi connectivity index (χ2n) is 7.29. The SMILES string of the molecule is COc1cc2c(cc1OC)[C@@H]1C/C(=N/O)[C@H](CC(C)C)CN1CC2. The zero-order valence-electron chi connectivity index (χ0n) is 15.1. The lowest BCUT2D eigenvalue weighted by atomic mass is 9.79. The van der Waals surface area contributed by atoms with Crippen LogP contribution in [0.2, 0.25) is 0 Å². The van der Waals surface area contributed by atoms with Gasteiger partial charge in [-0.2, -0.15) is 0 Å². The number of methoxy groups -OCH3 is 2. The first-order valence-electron chi connectivity index (χ1n) is 8.77. The van der Waals surface area contributed by atoms with Crippen LogP contribution < -0.4 is 9.47 Å². The molecule has 2 aliphatic rings. The minimum absolute atomic E-state index is 0.267. The molecule has 2 atom stereocenters. The second-order valence-corrected chi connectivity index (χ2v) is 7.29. The molecule has 0 amide bonds. The number of hydrogen-bond acceptors (Lipinski definition) is 5. The molecule has 2 aliphatic heterocycles. The predicted octanol–water partition coefficient (Wildman–Crippen LogP) is 3.50. The fourth-order valence-electron chi connectivity index (χ4n) is 4.19. The van der Waals surface area contributed by atoms with Crippen molar-refractivity contribution >= 4 is 5.71 Å². The van der Waals surface area contributed by atoms with Gasteiger partial charge in [-0.1, -0.05) is 19.0 Å². The minimum atomic E-state index is 0.267. The maximum Gasteiger partial charge on any atom is 0.161 e. The van der Waals surface area contributed by atoms with E-state index in [1.54, 1.807) is 14.2 Å². The normalized spacial score (nSPS) is 25.5. The minimum Gasteiger partial charge on any atom is -0.493 e. The third-order valence-corrected chi connectivity index (χ3v) is 5.33. The average Bonchev–Trinajstić information content (AvgIpc) is 2.59. The molecule has 1 saturated heterocycles. The molecule has 5 nitrogen and oxygen atoms in total. The molecule has 5 heteroatoms. The van der Waals surface area contributed by atoms with E-state index in [2.05, 4.69) is 36.0 Å². The van der Waals surface area contributed by atoms with Gasteiger partial charge in [-0.3, -0.25) is 4.90 Å². The average molecular weight is 332 g/mol. The molecule has 132 valence electrons. The molecule has 2 heterocycles. The molecule has 3 rings (SSSR count). The summed E-state index contributed by atoms with van der Waals surface area (Å²) in [5, 5.41) is 13.2. The van der Waals surface area contributed by atoms with Gasteiger partial charge in [-0.05, 0) is 42.0 Å². The maximum absolute atomic E-state index is 9.52. The van der Waals surface area contributed by atoms with Crippen molar-refractivity contribution in [2.75, 3.05) is 27.3 Å². The molecule has 0 aliphatic carbocycles. The van der Waals surface area contributed by atoms with E-state index in [1.165, 1.54) is 11.1 Å². The van der Waals surface area contributed by atoms with Gasteiger partial charge < -0.3 is 14.7 Å². The molecule has 0 spiro atoms. The molecule has 0 unspecified atom stereocenters. The topological polar surface area (TPSA) is 54.3 Å². The Balaban J connectivity index is 1.92. The van der Waals surface area contributed by atoms with Gasteiger partial charge in [0.05, 0.1) is 19.9 Å². The molecule has 24 heavy (non-hydrogen) atoms. The lowest BCUT2D eigenvalue weighted by Gasteiger charge is -2.44. The Kier molecular flexibility index (Phi) is 4.99. The Morgan fingerprint density at radius 1 is 1.25 bits per heavy atom. The van der Waals surface area contributed by atoms with E-state index in [-0.39, 0.29) is 6.04 Å². The first-order valence-corrected chi connectivity index (χ1v) is 8.77. The maximum atomic E-state index is 9.52. The monoisotopic (exact) mass is 332 g/mol. The van der Waals surface area contributed by atoms with Gasteiger partial charge in [-0.25, -0.2) is 0 Å². The largest absolute Gasteiger partial charge is 0.493 e. The van der Waals surface area contributed by atoms with Crippen LogP contribution in [0.15, 0.2) is 17.3 Å². The quantitative estimate of drug-likeness (QED) is 0.677. The van der Waals surface area contributed by atoms with Crippen molar-refractivity contribution in [3.63, 3.8) is 0 Å². The Bertz CT molecular complexity index is 627. The molecule has 1 aromatic rings. The lowest BCUT2D eigenvalue weighted by Crippen LogP contribution is -2.46. The summed E-state index contributed by atoms with van der Waals surface area (Å²) in [6, 6.07) is 4.47. The Hall–Kier alpha value is -1.75. The standard InChI is InChI=1S/C19H28N2O3/c1-12(2)7-14-11-21-6-5-13-8-18(23-3)19(24-4)9-15(13)17(21)10-16(14)20-22/h8-9,12,14,17,22H,5-7,10-11H2,1-4H3/b20-16-/t14-,17+/m1/s1. The number of nitrogens with zero attached hydrogens (tertiary/aromatic N) is 2. The highest BCUT2D eigenvalue weighted by Gasteiger charge is 2.37. The van der Waals surface area contributed by atoms with Crippen LogP contribution in [-0.4, -0.2) is 43.1 Å². The molecule has 0 radical (unpaired) electrons. The van der Waals surface area contributed by atoms with Crippen LogP contribution in [0.1, 0.15) is 43.9 Å². The van der Waals surface area contributed by atoms with Crippen LogP contribution in [0.25, 0.3) is 0 Å². The zero-order valence-corrected chi connectivity index (χ0v) is 15.1. The van der Waals surface area contributed by atoms with Crippen molar-refractivity contribution in [3.05, 3.63) is 23.3 Å². The number of rotatable bonds is 4. The highest BCUT2D eigenvalue weighted by atomic mass is 16.5. The Morgan fingerprint density at radius 3 is 2.58 bits per heavy atom. The summed E-state index contributed by atoms with van der Waals surface area (Å²) in [5.74, 6) is 2.51. The molecule has 0 saturated carbocycles. The lowest BCUT2D eigenvalue weighted by molar-refractivity contribution is 0.143. The van der Waals surface area contributed by atoms with E-state index in [9.17, 15) is 5.21 Å². The third kappa shape index (κ3) is 3.09. The summed E-state index contributed by atoms with van der Waals surface area (Å²) in [5.41, 5.74) is 3.53. The van der Waals surface area contributed by atoms with E-state index in [0.717, 1.165) is 49.6 Å². The van der Waals surface area contributed by atoms with Crippen LogP contribution in [0.3, 0.4) is 0 Å². The van der Waals surface area contributed by atoms with Crippen molar-refractivity contribution in [2.24, 2.45) is 17.0 Å². The highest BCUT2D eigenvalue weighted by Crippen LogP contribution is 2.42. The number of oxime groups is 1. The molecular weight excluding hydrogens is 304 g/mol. The zero-order chi connectivity index (χ0) is 17.3. The van der Waals surface area contributed by atoms with Gasteiger partial charge >= 0.3 is 0 Å². The van der Waals surface area contributed by atoms with Crippen molar-refractivity contribution in [1.29, 1.82) is 0 Å². The second kappa shape index (κ2) is 7.01. The first-order chi connectivity index (χ1) is 11.6. The fourth-order valence-corrected chi connectivity index (χ4v) is 4.19. The van der Waals surface area contributed by atoms with Gasteiger partial charge in [0, 0.05) is 31.5 Å². The van der Waals surface area contributed by atoms with Crippen LogP contribution in [0.5, 0.6) is 11.5 Å². The number of ether oxygens (including phenoxy) is 2. The van der Waals surface area contributed by atoms with Crippen molar-refractivity contribution in [2.45, 2.75) is 39.2 Å². The number of benzene rings is 1. The van der Waals surface area contributed by atoms with Gasteiger partial charge in [0.25, 0.3) is 0 Å². The third-order valence-electron chi connectivity index (χ3n) is 5.33. The predicted molar refractivity (Wildman–Crippen MR) is 94.3 cm³/mol. The van der Waals surface area contributed by atoms with E-state index in [4.69, 9.17) is 9.47 Å². The smallest absolute Gasteiger partial charge is 0.161 e. The van der Waals surface area contributed by atoms with E-state index >= 15 is 0 Å². The first kappa shape index (κ1) is 17.1. The molecule has 0 bridgehead atoms. The van der Waals surface area contributed by atoms with E-state index < -0.39 is 0 Å².